The number of amides is 1. The van der Waals surface area contributed by atoms with Gasteiger partial charge in [-0.3, -0.25) is 10.1 Å². The summed E-state index contributed by atoms with van der Waals surface area (Å²) in [6.45, 7) is 3.21. The van der Waals surface area contributed by atoms with Gasteiger partial charge in [0.15, 0.2) is 0 Å². The van der Waals surface area contributed by atoms with E-state index in [1.165, 1.54) is 30.8 Å². The molecule has 108 valence electrons. The largest absolute Gasteiger partial charge is 0.325 e. The Labute approximate surface area is 120 Å². The SMILES string of the molecule is CCCC1NC2(CCCC2)C(=O)N1CC1CCSC1. The van der Waals surface area contributed by atoms with E-state index < -0.39 is 0 Å². The van der Waals surface area contributed by atoms with E-state index in [2.05, 4.69) is 17.1 Å². The molecule has 2 heterocycles. The fourth-order valence-electron chi connectivity index (χ4n) is 3.93. The maximum absolute atomic E-state index is 12.9. The lowest BCUT2D eigenvalue weighted by atomic mass is 9.97. The summed E-state index contributed by atoms with van der Waals surface area (Å²) in [5, 5.41) is 3.71. The average molecular weight is 282 g/mol. The van der Waals surface area contributed by atoms with Gasteiger partial charge in [0.1, 0.15) is 0 Å². The van der Waals surface area contributed by atoms with Crippen molar-refractivity contribution in [2.75, 3.05) is 18.1 Å². The van der Waals surface area contributed by atoms with Crippen molar-refractivity contribution < 1.29 is 4.79 Å². The second-order valence-corrected chi connectivity index (χ2v) is 7.57. The zero-order valence-electron chi connectivity index (χ0n) is 12.0. The number of nitrogens with zero attached hydrogens (tertiary/aromatic N) is 1. The Hall–Kier alpha value is -0.220. The quantitative estimate of drug-likeness (QED) is 0.860. The number of carbonyl (C=O) groups is 1. The lowest BCUT2D eigenvalue weighted by Gasteiger charge is -2.26. The number of hydrogen-bond donors (Lipinski definition) is 1. The van der Waals surface area contributed by atoms with Gasteiger partial charge in [-0.25, -0.2) is 0 Å². The second kappa shape index (κ2) is 5.65. The molecule has 2 saturated heterocycles. The van der Waals surface area contributed by atoms with E-state index in [9.17, 15) is 4.79 Å². The van der Waals surface area contributed by atoms with Crippen LogP contribution in [-0.2, 0) is 4.79 Å². The molecule has 2 unspecified atom stereocenters. The predicted molar refractivity (Wildman–Crippen MR) is 80.2 cm³/mol. The molecule has 1 aliphatic carbocycles. The molecule has 3 nitrogen and oxygen atoms in total. The number of nitrogens with one attached hydrogen (secondary N) is 1. The molecule has 3 fully saturated rings. The lowest BCUT2D eigenvalue weighted by molar-refractivity contribution is -0.133. The van der Waals surface area contributed by atoms with Crippen LogP contribution in [0.3, 0.4) is 0 Å². The highest BCUT2D eigenvalue weighted by Crippen LogP contribution is 2.38. The molecule has 4 heteroatoms. The Balaban J connectivity index is 1.72. The van der Waals surface area contributed by atoms with Crippen LogP contribution in [0.15, 0.2) is 0 Å². The van der Waals surface area contributed by atoms with Gasteiger partial charge in [0.05, 0.1) is 11.7 Å². The average Bonchev–Trinajstić information content (AvgIpc) is 3.10. The van der Waals surface area contributed by atoms with Crippen molar-refractivity contribution in [3.05, 3.63) is 0 Å². The molecule has 0 aromatic heterocycles. The minimum absolute atomic E-state index is 0.175. The van der Waals surface area contributed by atoms with Crippen molar-refractivity contribution in [1.82, 2.24) is 10.2 Å². The van der Waals surface area contributed by atoms with E-state index in [0.29, 0.717) is 12.1 Å². The fraction of sp³-hybridized carbons (Fsp3) is 0.933. The van der Waals surface area contributed by atoms with Crippen LogP contribution < -0.4 is 5.32 Å². The highest BCUT2D eigenvalue weighted by molar-refractivity contribution is 7.99. The Morgan fingerprint density at radius 1 is 1.42 bits per heavy atom. The van der Waals surface area contributed by atoms with Gasteiger partial charge in [0.2, 0.25) is 5.91 Å². The molecule has 1 spiro atoms. The Kier molecular flexibility index (Phi) is 4.08. The highest BCUT2D eigenvalue weighted by atomic mass is 32.2. The van der Waals surface area contributed by atoms with E-state index in [1.54, 1.807) is 0 Å². The van der Waals surface area contributed by atoms with Crippen molar-refractivity contribution in [3.8, 4) is 0 Å². The standard InChI is InChI=1S/C15H26N2OS/c1-2-5-13-16-15(7-3-4-8-15)14(18)17(13)10-12-6-9-19-11-12/h12-13,16H,2-11H2,1H3. The van der Waals surface area contributed by atoms with E-state index in [0.717, 1.165) is 38.1 Å². The number of hydrogen-bond acceptors (Lipinski definition) is 3. The van der Waals surface area contributed by atoms with Gasteiger partial charge >= 0.3 is 0 Å². The highest BCUT2D eigenvalue weighted by Gasteiger charge is 2.52. The lowest BCUT2D eigenvalue weighted by Crippen LogP contribution is -2.44. The van der Waals surface area contributed by atoms with Gasteiger partial charge in [0.25, 0.3) is 0 Å². The van der Waals surface area contributed by atoms with Crippen LogP contribution in [0.25, 0.3) is 0 Å². The monoisotopic (exact) mass is 282 g/mol. The first-order valence-corrected chi connectivity index (χ1v) is 9.07. The predicted octanol–water partition coefficient (Wildman–Crippen LogP) is 2.61. The first-order chi connectivity index (χ1) is 9.25. The third-order valence-electron chi connectivity index (χ3n) is 4.99. The van der Waals surface area contributed by atoms with E-state index >= 15 is 0 Å². The van der Waals surface area contributed by atoms with Gasteiger partial charge in [0, 0.05) is 6.54 Å². The van der Waals surface area contributed by atoms with Crippen LogP contribution in [0.2, 0.25) is 0 Å². The van der Waals surface area contributed by atoms with Gasteiger partial charge in [-0.15, -0.1) is 0 Å². The molecule has 0 aromatic rings. The summed E-state index contributed by atoms with van der Waals surface area (Å²) < 4.78 is 0. The molecule has 19 heavy (non-hydrogen) atoms. The zero-order chi connectivity index (χ0) is 13.3. The Bertz CT molecular complexity index is 335. The Morgan fingerprint density at radius 3 is 2.84 bits per heavy atom. The molecular weight excluding hydrogens is 256 g/mol. The van der Waals surface area contributed by atoms with Gasteiger partial charge < -0.3 is 4.90 Å². The molecule has 3 aliphatic rings. The topological polar surface area (TPSA) is 32.3 Å². The Morgan fingerprint density at radius 2 is 2.21 bits per heavy atom. The van der Waals surface area contributed by atoms with Crippen molar-refractivity contribution >= 4 is 17.7 Å². The van der Waals surface area contributed by atoms with Gasteiger partial charge in [-0.2, -0.15) is 11.8 Å². The zero-order valence-corrected chi connectivity index (χ0v) is 12.8. The van der Waals surface area contributed by atoms with Crippen LogP contribution in [0, 0.1) is 5.92 Å². The second-order valence-electron chi connectivity index (χ2n) is 6.43. The first kappa shape index (κ1) is 13.7. The molecule has 2 aliphatic heterocycles. The van der Waals surface area contributed by atoms with Crippen molar-refractivity contribution in [2.24, 2.45) is 5.92 Å². The van der Waals surface area contributed by atoms with Crippen LogP contribution in [0.5, 0.6) is 0 Å². The van der Waals surface area contributed by atoms with Crippen LogP contribution in [0.1, 0.15) is 51.9 Å². The molecule has 2 atom stereocenters. The van der Waals surface area contributed by atoms with Crippen LogP contribution in [-0.4, -0.2) is 40.6 Å². The summed E-state index contributed by atoms with van der Waals surface area (Å²) in [6, 6.07) is 0. The first-order valence-electron chi connectivity index (χ1n) is 7.92. The molecule has 0 bridgehead atoms. The van der Waals surface area contributed by atoms with Crippen molar-refractivity contribution in [3.63, 3.8) is 0 Å². The summed E-state index contributed by atoms with van der Waals surface area (Å²) in [4.78, 5) is 15.1. The van der Waals surface area contributed by atoms with Gasteiger partial charge in [-0.05, 0) is 43.1 Å². The minimum Gasteiger partial charge on any atom is -0.325 e. The summed E-state index contributed by atoms with van der Waals surface area (Å²) >= 11 is 2.05. The van der Waals surface area contributed by atoms with Crippen molar-refractivity contribution in [1.29, 1.82) is 0 Å². The third-order valence-corrected chi connectivity index (χ3v) is 6.22. The number of carbonyl (C=O) groups excluding carboxylic acids is 1. The normalized spacial score (nSPS) is 33.7. The molecular formula is C15H26N2OS. The maximum atomic E-state index is 12.9. The van der Waals surface area contributed by atoms with Crippen molar-refractivity contribution in [2.45, 2.75) is 63.6 Å². The number of thioether (sulfide) groups is 1. The van der Waals surface area contributed by atoms with Crippen LogP contribution >= 0.6 is 11.8 Å². The smallest absolute Gasteiger partial charge is 0.244 e. The molecule has 0 radical (unpaired) electrons. The molecule has 1 N–H and O–H groups in total. The minimum atomic E-state index is -0.175. The molecule has 1 saturated carbocycles. The van der Waals surface area contributed by atoms with Crippen LogP contribution in [0.4, 0.5) is 0 Å². The summed E-state index contributed by atoms with van der Waals surface area (Å²) in [5.41, 5.74) is -0.175. The summed E-state index contributed by atoms with van der Waals surface area (Å²) in [5.74, 6) is 3.67. The molecule has 1 amide bonds. The number of rotatable bonds is 4. The van der Waals surface area contributed by atoms with E-state index in [1.807, 2.05) is 11.8 Å². The summed E-state index contributed by atoms with van der Waals surface area (Å²) in [6.07, 6.45) is 8.39. The van der Waals surface area contributed by atoms with E-state index in [-0.39, 0.29) is 5.54 Å². The third kappa shape index (κ3) is 2.54. The van der Waals surface area contributed by atoms with Gasteiger partial charge in [-0.1, -0.05) is 26.2 Å². The maximum Gasteiger partial charge on any atom is 0.244 e. The summed E-state index contributed by atoms with van der Waals surface area (Å²) in [7, 11) is 0. The molecule has 3 rings (SSSR count). The van der Waals surface area contributed by atoms with E-state index in [4.69, 9.17) is 0 Å². The fourth-order valence-corrected chi connectivity index (χ4v) is 5.20. The molecule has 0 aromatic carbocycles.